The van der Waals surface area contributed by atoms with E-state index in [2.05, 4.69) is 5.32 Å². The van der Waals surface area contributed by atoms with Gasteiger partial charge in [0.25, 0.3) is 0 Å². The summed E-state index contributed by atoms with van der Waals surface area (Å²) in [5.41, 5.74) is 0. The highest BCUT2D eigenvalue weighted by Gasteiger charge is 1.90. The van der Waals surface area contributed by atoms with Gasteiger partial charge in [-0.05, 0) is 6.20 Å². The first-order valence-corrected chi connectivity index (χ1v) is 3.20. The fraction of sp³-hybridized carbons (Fsp3) is 0.571. The lowest BCUT2D eigenvalue weighted by Crippen LogP contribution is -2.16. The predicted molar refractivity (Wildman–Crippen MR) is 41.5 cm³/mol. The highest BCUT2D eigenvalue weighted by molar-refractivity contribution is 5.76. The second-order valence-corrected chi connectivity index (χ2v) is 2.23. The molecule has 0 aliphatic heterocycles. The van der Waals surface area contributed by atoms with Crippen LogP contribution in [-0.2, 0) is 4.79 Å². The third-order valence-electron chi connectivity index (χ3n) is 0.986. The lowest BCUT2D eigenvalue weighted by molar-refractivity contribution is -0.119. The van der Waals surface area contributed by atoms with Crippen molar-refractivity contribution in [3.05, 3.63) is 12.3 Å². The van der Waals surface area contributed by atoms with Crippen LogP contribution in [-0.4, -0.2) is 32.0 Å². The average Bonchev–Trinajstić information content (AvgIpc) is 1.87. The molecular formula is C7H14N2O. The first-order valence-electron chi connectivity index (χ1n) is 3.20. The van der Waals surface area contributed by atoms with Gasteiger partial charge < -0.3 is 10.2 Å². The minimum absolute atomic E-state index is 0.0399. The van der Waals surface area contributed by atoms with Crippen molar-refractivity contribution < 1.29 is 4.79 Å². The van der Waals surface area contributed by atoms with Crippen molar-refractivity contribution in [2.45, 2.75) is 6.42 Å². The van der Waals surface area contributed by atoms with Crippen molar-refractivity contribution in [3.8, 4) is 0 Å². The second kappa shape index (κ2) is 4.85. The third-order valence-corrected chi connectivity index (χ3v) is 0.986. The van der Waals surface area contributed by atoms with Gasteiger partial charge in [0, 0.05) is 27.6 Å². The van der Waals surface area contributed by atoms with Gasteiger partial charge in [-0.1, -0.05) is 6.08 Å². The standard InChI is InChI=1S/C7H14N2O/c1-8-7(10)5-4-6-9(2)3/h4,6H,5H2,1-3H3,(H,8,10)/b6-4-. The zero-order valence-corrected chi connectivity index (χ0v) is 6.72. The molecular weight excluding hydrogens is 128 g/mol. The van der Waals surface area contributed by atoms with Crippen LogP contribution in [0.1, 0.15) is 6.42 Å². The van der Waals surface area contributed by atoms with Crippen molar-refractivity contribution >= 4 is 5.91 Å². The summed E-state index contributed by atoms with van der Waals surface area (Å²) in [6.45, 7) is 0. The molecule has 0 saturated heterocycles. The predicted octanol–water partition coefficient (Wildman–Crippen LogP) is 0.198. The van der Waals surface area contributed by atoms with E-state index >= 15 is 0 Å². The molecule has 0 aliphatic carbocycles. The maximum absolute atomic E-state index is 10.6. The van der Waals surface area contributed by atoms with Gasteiger partial charge in [0.1, 0.15) is 0 Å². The summed E-state index contributed by atoms with van der Waals surface area (Å²) in [5.74, 6) is 0.0399. The number of nitrogens with zero attached hydrogens (tertiary/aromatic N) is 1. The zero-order valence-electron chi connectivity index (χ0n) is 6.72. The molecule has 0 aromatic carbocycles. The fourth-order valence-electron chi connectivity index (χ4n) is 0.473. The van der Waals surface area contributed by atoms with E-state index in [4.69, 9.17) is 0 Å². The van der Waals surface area contributed by atoms with E-state index in [1.54, 1.807) is 7.05 Å². The summed E-state index contributed by atoms with van der Waals surface area (Å²) in [4.78, 5) is 12.5. The first kappa shape index (κ1) is 9.01. The van der Waals surface area contributed by atoms with E-state index in [1.807, 2.05) is 31.3 Å². The molecule has 10 heavy (non-hydrogen) atoms. The number of hydrogen-bond donors (Lipinski definition) is 1. The number of carbonyl (C=O) groups excluding carboxylic acids is 1. The second-order valence-electron chi connectivity index (χ2n) is 2.23. The third kappa shape index (κ3) is 5.15. The largest absolute Gasteiger partial charge is 0.384 e. The molecule has 3 heteroatoms. The maximum Gasteiger partial charge on any atom is 0.223 e. The Morgan fingerprint density at radius 3 is 2.60 bits per heavy atom. The molecule has 0 radical (unpaired) electrons. The van der Waals surface area contributed by atoms with Crippen molar-refractivity contribution in [1.82, 2.24) is 10.2 Å². The smallest absolute Gasteiger partial charge is 0.223 e. The Morgan fingerprint density at radius 2 is 2.20 bits per heavy atom. The average molecular weight is 142 g/mol. The van der Waals surface area contributed by atoms with Crippen molar-refractivity contribution in [1.29, 1.82) is 0 Å². The van der Waals surface area contributed by atoms with Gasteiger partial charge >= 0.3 is 0 Å². The SMILES string of the molecule is CNC(=O)C/C=C\N(C)C. The van der Waals surface area contributed by atoms with E-state index < -0.39 is 0 Å². The van der Waals surface area contributed by atoms with E-state index in [1.165, 1.54) is 0 Å². The summed E-state index contributed by atoms with van der Waals surface area (Å²) in [7, 11) is 5.46. The minimum Gasteiger partial charge on any atom is -0.384 e. The topological polar surface area (TPSA) is 32.3 Å². The van der Waals surface area contributed by atoms with Gasteiger partial charge in [0.05, 0.1) is 0 Å². The van der Waals surface area contributed by atoms with E-state index in [0.29, 0.717) is 6.42 Å². The van der Waals surface area contributed by atoms with Gasteiger partial charge in [-0.25, -0.2) is 0 Å². The molecule has 58 valence electrons. The molecule has 1 amide bonds. The molecule has 0 rings (SSSR count). The molecule has 0 heterocycles. The molecule has 0 fully saturated rings. The molecule has 0 aromatic heterocycles. The molecule has 0 spiro atoms. The Bertz CT molecular complexity index is 130. The zero-order chi connectivity index (χ0) is 7.98. The number of nitrogens with one attached hydrogen (secondary N) is 1. The van der Waals surface area contributed by atoms with Crippen LogP contribution >= 0.6 is 0 Å². The van der Waals surface area contributed by atoms with E-state index in [-0.39, 0.29) is 5.91 Å². The lowest BCUT2D eigenvalue weighted by atomic mass is 10.4. The van der Waals surface area contributed by atoms with E-state index in [9.17, 15) is 4.79 Å². The lowest BCUT2D eigenvalue weighted by Gasteiger charge is -2.02. The van der Waals surface area contributed by atoms with Gasteiger partial charge in [0.2, 0.25) is 5.91 Å². The summed E-state index contributed by atoms with van der Waals surface area (Å²) in [6, 6.07) is 0. The van der Waals surface area contributed by atoms with Crippen molar-refractivity contribution in [2.75, 3.05) is 21.1 Å². The monoisotopic (exact) mass is 142 g/mol. The Kier molecular flexibility index (Phi) is 4.37. The molecule has 3 nitrogen and oxygen atoms in total. The quantitative estimate of drug-likeness (QED) is 0.610. The first-order chi connectivity index (χ1) is 4.66. The molecule has 0 bridgehead atoms. The molecule has 0 atom stereocenters. The number of carbonyl (C=O) groups is 1. The van der Waals surface area contributed by atoms with Crippen LogP contribution in [0.25, 0.3) is 0 Å². The van der Waals surface area contributed by atoms with Gasteiger partial charge in [-0.15, -0.1) is 0 Å². The normalized spacial score (nSPS) is 9.90. The Morgan fingerprint density at radius 1 is 1.60 bits per heavy atom. The van der Waals surface area contributed by atoms with Gasteiger partial charge in [0.15, 0.2) is 0 Å². The highest BCUT2D eigenvalue weighted by atomic mass is 16.1. The van der Waals surface area contributed by atoms with Crippen LogP contribution in [0.5, 0.6) is 0 Å². The van der Waals surface area contributed by atoms with Crippen LogP contribution in [0.15, 0.2) is 12.3 Å². The number of hydrogen-bond acceptors (Lipinski definition) is 2. The summed E-state index contributed by atoms with van der Waals surface area (Å²) < 4.78 is 0. The van der Waals surface area contributed by atoms with Crippen LogP contribution < -0.4 is 5.32 Å². The van der Waals surface area contributed by atoms with Crippen molar-refractivity contribution in [2.24, 2.45) is 0 Å². The number of amides is 1. The van der Waals surface area contributed by atoms with E-state index in [0.717, 1.165) is 0 Å². The fourth-order valence-corrected chi connectivity index (χ4v) is 0.473. The van der Waals surface area contributed by atoms with Crippen LogP contribution in [0.3, 0.4) is 0 Å². The van der Waals surface area contributed by atoms with Crippen LogP contribution in [0.2, 0.25) is 0 Å². The highest BCUT2D eigenvalue weighted by Crippen LogP contribution is 1.83. The summed E-state index contributed by atoms with van der Waals surface area (Å²) >= 11 is 0. The van der Waals surface area contributed by atoms with Gasteiger partial charge in [-0.3, -0.25) is 4.79 Å². The maximum atomic E-state index is 10.6. The molecule has 0 saturated carbocycles. The molecule has 0 aliphatic rings. The molecule has 1 N–H and O–H groups in total. The summed E-state index contributed by atoms with van der Waals surface area (Å²) in [6.07, 6.45) is 4.13. The Hall–Kier alpha value is -0.990. The molecule has 0 unspecified atom stereocenters. The summed E-state index contributed by atoms with van der Waals surface area (Å²) in [5, 5.41) is 2.53. The minimum atomic E-state index is 0.0399. The van der Waals surface area contributed by atoms with Crippen LogP contribution in [0.4, 0.5) is 0 Å². The van der Waals surface area contributed by atoms with Crippen LogP contribution in [0, 0.1) is 0 Å². The van der Waals surface area contributed by atoms with Crippen molar-refractivity contribution in [3.63, 3.8) is 0 Å². The Labute approximate surface area is 61.7 Å². The molecule has 0 aromatic rings. The Balaban J connectivity index is 3.43. The number of rotatable bonds is 3. The van der Waals surface area contributed by atoms with Gasteiger partial charge in [-0.2, -0.15) is 0 Å².